The van der Waals surface area contributed by atoms with Crippen LogP contribution in [0.3, 0.4) is 0 Å². The van der Waals surface area contributed by atoms with Gasteiger partial charge in [0.15, 0.2) is 5.78 Å². The minimum Gasteiger partial charge on any atom is -0.385 e. The van der Waals surface area contributed by atoms with Gasteiger partial charge in [-0.25, -0.2) is 0 Å². The summed E-state index contributed by atoms with van der Waals surface area (Å²) < 4.78 is 0. The van der Waals surface area contributed by atoms with E-state index in [2.05, 4.69) is 42.6 Å². The number of benzene rings is 2. The molecule has 0 aliphatic carbocycles. The predicted octanol–water partition coefficient (Wildman–Crippen LogP) is 4.03. The average molecular weight is 279 g/mol. The Hall–Kier alpha value is -2.09. The molecule has 3 rings (SSSR count). The first-order valence-corrected chi connectivity index (χ1v) is 7.74. The zero-order valence-corrected chi connectivity index (χ0v) is 12.5. The first kappa shape index (κ1) is 13.9. The summed E-state index contributed by atoms with van der Waals surface area (Å²) in [7, 11) is 0. The Morgan fingerprint density at radius 2 is 1.86 bits per heavy atom. The Kier molecular flexibility index (Phi) is 4.05. The molecule has 0 radical (unpaired) electrons. The Bertz CT molecular complexity index is 643. The first-order chi connectivity index (χ1) is 10.3. The van der Waals surface area contributed by atoms with Gasteiger partial charge in [-0.3, -0.25) is 4.79 Å². The molecule has 1 aliphatic heterocycles. The number of hydrogen-bond acceptors (Lipinski definition) is 2. The smallest absolute Gasteiger partial charge is 0.167 e. The molecule has 0 fully saturated rings. The number of carbonyl (C=O) groups excluding carboxylic acids is 1. The van der Waals surface area contributed by atoms with Crippen LogP contribution in [-0.4, -0.2) is 12.3 Å². The summed E-state index contributed by atoms with van der Waals surface area (Å²) in [5.74, 6) is 0.222. The fourth-order valence-corrected chi connectivity index (χ4v) is 2.94. The molecule has 0 spiro atoms. The zero-order valence-electron chi connectivity index (χ0n) is 12.5. The number of fused-ring (bicyclic) bond motifs is 1. The molecule has 1 aliphatic rings. The van der Waals surface area contributed by atoms with Crippen LogP contribution in [0.4, 0.5) is 5.69 Å². The van der Waals surface area contributed by atoms with E-state index in [0.29, 0.717) is 6.42 Å². The molecule has 0 saturated heterocycles. The molecule has 1 heterocycles. The number of nitrogens with one attached hydrogen (secondary N) is 1. The second-order valence-electron chi connectivity index (χ2n) is 5.63. The van der Waals surface area contributed by atoms with E-state index in [4.69, 9.17) is 0 Å². The van der Waals surface area contributed by atoms with Gasteiger partial charge in [0.25, 0.3) is 0 Å². The molecule has 2 aromatic rings. The third-order valence-corrected chi connectivity index (χ3v) is 4.19. The van der Waals surface area contributed by atoms with Crippen molar-refractivity contribution >= 4 is 11.5 Å². The van der Waals surface area contributed by atoms with Crippen LogP contribution in [0, 0.1) is 0 Å². The fraction of sp³-hybridized carbons (Fsp3) is 0.316. The minimum atomic E-state index is 0.222. The van der Waals surface area contributed by atoms with Crippen LogP contribution < -0.4 is 5.32 Å². The second-order valence-corrected chi connectivity index (χ2v) is 5.63. The minimum absolute atomic E-state index is 0.222. The van der Waals surface area contributed by atoms with Gasteiger partial charge in [0.1, 0.15) is 0 Å². The summed E-state index contributed by atoms with van der Waals surface area (Å²) in [5, 5.41) is 3.38. The third kappa shape index (κ3) is 2.99. The molecule has 21 heavy (non-hydrogen) atoms. The summed E-state index contributed by atoms with van der Waals surface area (Å²) in [6.07, 6.45) is 3.62. The first-order valence-electron chi connectivity index (χ1n) is 7.74. The highest BCUT2D eigenvalue weighted by molar-refractivity contribution is 6.00. The fourth-order valence-electron chi connectivity index (χ4n) is 2.94. The highest BCUT2D eigenvalue weighted by Gasteiger charge is 2.17. The monoisotopic (exact) mass is 279 g/mol. The Morgan fingerprint density at radius 1 is 1.10 bits per heavy atom. The van der Waals surface area contributed by atoms with Crippen molar-refractivity contribution in [3.05, 3.63) is 64.7 Å². The van der Waals surface area contributed by atoms with Gasteiger partial charge in [-0.1, -0.05) is 43.3 Å². The topological polar surface area (TPSA) is 29.1 Å². The molecule has 2 nitrogen and oxygen atoms in total. The maximum atomic E-state index is 12.6. The van der Waals surface area contributed by atoms with Gasteiger partial charge >= 0.3 is 0 Å². The molecule has 2 heteroatoms. The molecule has 108 valence electrons. The van der Waals surface area contributed by atoms with Crippen molar-refractivity contribution in [1.82, 2.24) is 0 Å². The van der Waals surface area contributed by atoms with E-state index in [1.807, 2.05) is 12.1 Å². The van der Waals surface area contributed by atoms with E-state index in [9.17, 15) is 4.79 Å². The molecule has 0 atom stereocenters. The Morgan fingerprint density at radius 3 is 2.62 bits per heavy atom. The predicted molar refractivity (Wildman–Crippen MR) is 87.1 cm³/mol. The van der Waals surface area contributed by atoms with Crippen LogP contribution >= 0.6 is 0 Å². The number of hydrogen-bond donors (Lipinski definition) is 1. The Balaban J connectivity index is 1.82. The van der Waals surface area contributed by atoms with Crippen molar-refractivity contribution in [3.8, 4) is 0 Å². The molecule has 0 saturated carbocycles. The molecule has 0 unspecified atom stereocenters. The van der Waals surface area contributed by atoms with Crippen molar-refractivity contribution in [3.63, 3.8) is 0 Å². The van der Waals surface area contributed by atoms with Gasteiger partial charge in [0.2, 0.25) is 0 Å². The molecule has 0 aromatic heterocycles. The van der Waals surface area contributed by atoms with Crippen LogP contribution in [0.2, 0.25) is 0 Å². The second kappa shape index (κ2) is 6.13. The van der Waals surface area contributed by atoms with E-state index >= 15 is 0 Å². The van der Waals surface area contributed by atoms with E-state index < -0.39 is 0 Å². The highest BCUT2D eigenvalue weighted by atomic mass is 16.1. The summed E-state index contributed by atoms with van der Waals surface area (Å²) in [5.41, 5.74) is 5.62. The molecular formula is C19H21NO. The lowest BCUT2D eigenvalue weighted by molar-refractivity contribution is 0.0992. The lowest BCUT2D eigenvalue weighted by Crippen LogP contribution is -2.16. The standard InChI is InChI=1S/C19H21NO/c1-2-14-8-10-15(11-9-14)13-19(21)17-5-3-7-18-16(17)6-4-12-20-18/h3,5,7-11,20H,2,4,6,12-13H2,1H3. The average Bonchev–Trinajstić information content (AvgIpc) is 2.55. The van der Waals surface area contributed by atoms with Gasteiger partial charge in [0, 0.05) is 24.2 Å². The van der Waals surface area contributed by atoms with Crippen molar-refractivity contribution in [2.45, 2.75) is 32.6 Å². The lowest BCUT2D eigenvalue weighted by Gasteiger charge is -2.20. The van der Waals surface area contributed by atoms with E-state index in [-0.39, 0.29) is 5.78 Å². The summed E-state index contributed by atoms with van der Waals surface area (Å²) in [6, 6.07) is 14.4. The SMILES string of the molecule is CCc1ccc(CC(=O)c2cccc3c2CCCN3)cc1. The summed E-state index contributed by atoms with van der Waals surface area (Å²) in [6.45, 7) is 3.15. The van der Waals surface area contributed by atoms with Crippen LogP contribution in [0.5, 0.6) is 0 Å². The molecule has 1 N–H and O–H groups in total. The van der Waals surface area contributed by atoms with Crippen molar-refractivity contribution < 1.29 is 4.79 Å². The van der Waals surface area contributed by atoms with E-state index in [1.165, 1.54) is 11.1 Å². The largest absolute Gasteiger partial charge is 0.385 e. The van der Waals surface area contributed by atoms with E-state index in [1.54, 1.807) is 0 Å². The molecular weight excluding hydrogens is 258 g/mol. The van der Waals surface area contributed by atoms with Crippen LogP contribution in [0.15, 0.2) is 42.5 Å². The van der Waals surface area contributed by atoms with Gasteiger partial charge in [0.05, 0.1) is 0 Å². The number of carbonyl (C=O) groups is 1. The van der Waals surface area contributed by atoms with Gasteiger partial charge in [-0.2, -0.15) is 0 Å². The summed E-state index contributed by atoms with van der Waals surface area (Å²) >= 11 is 0. The van der Waals surface area contributed by atoms with Crippen molar-refractivity contribution in [2.75, 3.05) is 11.9 Å². The quantitative estimate of drug-likeness (QED) is 0.856. The van der Waals surface area contributed by atoms with Crippen molar-refractivity contribution in [2.24, 2.45) is 0 Å². The van der Waals surface area contributed by atoms with Crippen LogP contribution in [0.1, 0.15) is 40.4 Å². The molecule has 0 amide bonds. The molecule has 0 bridgehead atoms. The van der Waals surface area contributed by atoms with Gasteiger partial charge < -0.3 is 5.32 Å². The zero-order chi connectivity index (χ0) is 14.7. The van der Waals surface area contributed by atoms with E-state index in [0.717, 1.165) is 42.6 Å². The normalized spacial score (nSPS) is 13.4. The van der Waals surface area contributed by atoms with Crippen LogP contribution in [0.25, 0.3) is 0 Å². The number of ketones is 1. The maximum Gasteiger partial charge on any atom is 0.167 e. The van der Waals surface area contributed by atoms with Crippen LogP contribution in [-0.2, 0) is 19.3 Å². The maximum absolute atomic E-state index is 12.6. The van der Waals surface area contributed by atoms with Gasteiger partial charge in [-0.15, -0.1) is 0 Å². The Labute approximate surface area is 126 Å². The number of aryl methyl sites for hydroxylation is 1. The molecule has 2 aromatic carbocycles. The number of Topliss-reactive ketones (excluding diaryl/α,β-unsaturated/α-hetero) is 1. The van der Waals surface area contributed by atoms with Gasteiger partial charge in [-0.05, 0) is 42.0 Å². The highest BCUT2D eigenvalue weighted by Crippen LogP contribution is 2.26. The number of rotatable bonds is 4. The lowest BCUT2D eigenvalue weighted by atomic mass is 9.92. The number of anilines is 1. The summed E-state index contributed by atoms with van der Waals surface area (Å²) in [4.78, 5) is 12.6. The third-order valence-electron chi connectivity index (χ3n) is 4.19. The van der Waals surface area contributed by atoms with Crippen molar-refractivity contribution in [1.29, 1.82) is 0 Å².